The van der Waals surface area contributed by atoms with Crippen LogP contribution in [0.5, 0.6) is 0 Å². The molecule has 0 bridgehead atoms. The van der Waals surface area contributed by atoms with Crippen molar-refractivity contribution in [1.82, 2.24) is 9.80 Å². The first-order chi connectivity index (χ1) is 9.31. The van der Waals surface area contributed by atoms with Crippen molar-refractivity contribution in [2.45, 2.75) is 46.1 Å². The SMILES string of the molecule is CC(C)CC(C)N(C)C(=O)CN1CCCC(C(=O)O)C1.Cl. The molecule has 1 heterocycles. The Bertz CT molecular complexity index is 350. The van der Waals surface area contributed by atoms with Gasteiger partial charge in [-0.25, -0.2) is 0 Å². The Morgan fingerprint density at radius 2 is 1.95 bits per heavy atom. The number of carbonyl (C=O) groups is 2. The quantitative estimate of drug-likeness (QED) is 0.814. The summed E-state index contributed by atoms with van der Waals surface area (Å²) in [5.74, 6) is -0.422. The van der Waals surface area contributed by atoms with Crippen molar-refractivity contribution in [2.75, 3.05) is 26.7 Å². The first-order valence-corrected chi connectivity index (χ1v) is 7.52. The van der Waals surface area contributed by atoms with Crippen LogP contribution < -0.4 is 0 Å². The van der Waals surface area contributed by atoms with Gasteiger partial charge in [-0.15, -0.1) is 12.4 Å². The minimum absolute atomic E-state index is 0. The summed E-state index contributed by atoms with van der Waals surface area (Å²) in [6, 6.07) is 0.225. The highest BCUT2D eigenvalue weighted by Crippen LogP contribution is 2.17. The molecule has 0 aromatic carbocycles. The number of hydrogen-bond donors (Lipinski definition) is 1. The highest BCUT2D eigenvalue weighted by molar-refractivity contribution is 5.85. The molecule has 0 aromatic rings. The van der Waals surface area contributed by atoms with Gasteiger partial charge in [0.25, 0.3) is 0 Å². The Balaban J connectivity index is 0.00000400. The van der Waals surface area contributed by atoms with Gasteiger partial charge in [0.2, 0.25) is 5.91 Å². The number of carboxylic acids is 1. The van der Waals surface area contributed by atoms with E-state index < -0.39 is 5.97 Å². The van der Waals surface area contributed by atoms with Gasteiger partial charge in [-0.2, -0.15) is 0 Å². The Morgan fingerprint density at radius 1 is 1.33 bits per heavy atom. The molecular weight excluding hydrogens is 292 g/mol. The van der Waals surface area contributed by atoms with Gasteiger partial charge in [0, 0.05) is 19.6 Å². The molecule has 0 saturated carbocycles. The van der Waals surface area contributed by atoms with Crippen molar-refractivity contribution in [1.29, 1.82) is 0 Å². The average Bonchev–Trinajstić information content (AvgIpc) is 2.37. The molecule has 1 aliphatic rings. The Labute approximate surface area is 134 Å². The van der Waals surface area contributed by atoms with Gasteiger partial charge in [0.15, 0.2) is 0 Å². The second-order valence-electron chi connectivity index (χ2n) is 6.40. The number of aliphatic carboxylic acids is 1. The van der Waals surface area contributed by atoms with Crippen LogP contribution in [-0.4, -0.2) is 59.5 Å². The second kappa shape index (κ2) is 9.26. The number of likely N-dealkylation sites (tertiary alicyclic amines) is 1. The Hall–Kier alpha value is -0.810. The molecule has 124 valence electrons. The third-order valence-corrected chi connectivity index (χ3v) is 4.08. The van der Waals surface area contributed by atoms with Crippen molar-refractivity contribution < 1.29 is 14.7 Å². The van der Waals surface area contributed by atoms with Gasteiger partial charge in [0.1, 0.15) is 0 Å². The van der Waals surface area contributed by atoms with Crippen LogP contribution in [0.1, 0.15) is 40.0 Å². The number of rotatable bonds is 6. The van der Waals surface area contributed by atoms with E-state index in [-0.39, 0.29) is 30.3 Å². The van der Waals surface area contributed by atoms with Gasteiger partial charge >= 0.3 is 5.97 Å². The lowest BCUT2D eigenvalue weighted by molar-refractivity contribution is -0.145. The number of nitrogens with zero attached hydrogens (tertiary/aromatic N) is 2. The van der Waals surface area contributed by atoms with Crippen molar-refractivity contribution in [3.63, 3.8) is 0 Å². The smallest absolute Gasteiger partial charge is 0.307 e. The van der Waals surface area contributed by atoms with E-state index >= 15 is 0 Å². The van der Waals surface area contributed by atoms with E-state index in [1.807, 2.05) is 11.9 Å². The number of carbonyl (C=O) groups excluding carboxylic acids is 1. The second-order valence-corrected chi connectivity index (χ2v) is 6.40. The van der Waals surface area contributed by atoms with E-state index in [1.165, 1.54) is 0 Å². The maximum atomic E-state index is 12.2. The molecule has 21 heavy (non-hydrogen) atoms. The number of halogens is 1. The summed E-state index contributed by atoms with van der Waals surface area (Å²) in [4.78, 5) is 27.0. The van der Waals surface area contributed by atoms with Crippen molar-refractivity contribution in [3.05, 3.63) is 0 Å². The molecule has 0 aliphatic carbocycles. The first kappa shape index (κ1) is 20.2. The molecule has 0 spiro atoms. The molecular formula is C15H29ClN2O3. The lowest BCUT2D eigenvalue weighted by Gasteiger charge is -2.33. The van der Waals surface area contributed by atoms with E-state index in [1.54, 1.807) is 4.90 Å². The lowest BCUT2D eigenvalue weighted by Crippen LogP contribution is -2.46. The largest absolute Gasteiger partial charge is 0.481 e. The fourth-order valence-electron chi connectivity index (χ4n) is 2.79. The predicted octanol–water partition coefficient (Wildman–Crippen LogP) is 2.10. The number of hydrogen-bond acceptors (Lipinski definition) is 3. The number of amides is 1. The van der Waals surface area contributed by atoms with Gasteiger partial charge in [-0.05, 0) is 38.6 Å². The first-order valence-electron chi connectivity index (χ1n) is 7.52. The molecule has 1 N–H and O–H groups in total. The van der Waals surface area contributed by atoms with E-state index in [2.05, 4.69) is 20.8 Å². The molecule has 1 aliphatic heterocycles. The molecule has 0 aromatic heterocycles. The van der Waals surface area contributed by atoms with Crippen LogP contribution in [0.4, 0.5) is 0 Å². The van der Waals surface area contributed by atoms with E-state index in [0.717, 1.165) is 25.8 Å². The van der Waals surface area contributed by atoms with Crippen LogP contribution in [0.25, 0.3) is 0 Å². The zero-order valence-electron chi connectivity index (χ0n) is 13.5. The standard InChI is InChI=1S/C15H28N2O3.ClH/c1-11(2)8-12(3)16(4)14(18)10-17-7-5-6-13(9-17)15(19)20;/h11-13H,5-10H2,1-4H3,(H,19,20);1H. The van der Waals surface area contributed by atoms with Crippen LogP contribution in [0.15, 0.2) is 0 Å². The fourth-order valence-corrected chi connectivity index (χ4v) is 2.79. The summed E-state index contributed by atoms with van der Waals surface area (Å²) < 4.78 is 0. The Morgan fingerprint density at radius 3 is 2.48 bits per heavy atom. The number of likely N-dealkylation sites (N-methyl/N-ethyl adjacent to an activating group) is 1. The van der Waals surface area contributed by atoms with Gasteiger partial charge < -0.3 is 10.0 Å². The van der Waals surface area contributed by atoms with Gasteiger partial charge in [-0.1, -0.05) is 13.8 Å². The van der Waals surface area contributed by atoms with Crippen LogP contribution in [-0.2, 0) is 9.59 Å². The zero-order chi connectivity index (χ0) is 15.3. The maximum absolute atomic E-state index is 12.2. The van der Waals surface area contributed by atoms with E-state index in [0.29, 0.717) is 19.0 Å². The molecule has 0 radical (unpaired) electrons. The summed E-state index contributed by atoms with van der Waals surface area (Å²) >= 11 is 0. The topological polar surface area (TPSA) is 60.9 Å². The molecule has 2 unspecified atom stereocenters. The van der Waals surface area contributed by atoms with Crippen LogP contribution in [0.2, 0.25) is 0 Å². The predicted molar refractivity (Wildman–Crippen MR) is 85.7 cm³/mol. The summed E-state index contributed by atoms with van der Waals surface area (Å²) in [5.41, 5.74) is 0. The highest BCUT2D eigenvalue weighted by Gasteiger charge is 2.27. The third-order valence-electron chi connectivity index (χ3n) is 4.08. The Kier molecular flexibility index (Phi) is 8.90. The van der Waals surface area contributed by atoms with Gasteiger partial charge in [-0.3, -0.25) is 14.5 Å². The lowest BCUT2D eigenvalue weighted by atomic mass is 9.98. The third kappa shape index (κ3) is 6.66. The van der Waals surface area contributed by atoms with E-state index in [4.69, 9.17) is 5.11 Å². The zero-order valence-corrected chi connectivity index (χ0v) is 14.4. The summed E-state index contributed by atoms with van der Waals surface area (Å²) in [7, 11) is 1.84. The molecule has 1 saturated heterocycles. The minimum Gasteiger partial charge on any atom is -0.481 e. The van der Waals surface area contributed by atoms with Crippen molar-refractivity contribution in [2.24, 2.45) is 11.8 Å². The fraction of sp³-hybridized carbons (Fsp3) is 0.867. The monoisotopic (exact) mass is 320 g/mol. The summed E-state index contributed by atoms with van der Waals surface area (Å²) in [6.45, 7) is 8.01. The number of piperidine rings is 1. The van der Waals surface area contributed by atoms with Crippen LogP contribution >= 0.6 is 12.4 Å². The van der Waals surface area contributed by atoms with Crippen molar-refractivity contribution in [3.8, 4) is 0 Å². The molecule has 1 amide bonds. The normalized spacial score (nSPS) is 20.7. The molecule has 5 nitrogen and oxygen atoms in total. The average molecular weight is 321 g/mol. The van der Waals surface area contributed by atoms with Gasteiger partial charge in [0.05, 0.1) is 12.5 Å². The van der Waals surface area contributed by atoms with E-state index in [9.17, 15) is 9.59 Å². The van der Waals surface area contributed by atoms with Crippen LogP contribution in [0.3, 0.4) is 0 Å². The summed E-state index contributed by atoms with van der Waals surface area (Å²) in [6.07, 6.45) is 2.56. The highest BCUT2D eigenvalue weighted by atomic mass is 35.5. The molecule has 1 fully saturated rings. The number of carboxylic acid groups (broad SMARTS) is 1. The molecule has 1 rings (SSSR count). The minimum atomic E-state index is -0.747. The summed E-state index contributed by atoms with van der Waals surface area (Å²) in [5, 5.41) is 9.06. The van der Waals surface area contributed by atoms with Crippen LogP contribution in [0, 0.1) is 11.8 Å². The molecule has 2 atom stereocenters. The maximum Gasteiger partial charge on any atom is 0.307 e. The molecule has 6 heteroatoms. The van der Waals surface area contributed by atoms with Crippen molar-refractivity contribution >= 4 is 24.3 Å².